The van der Waals surface area contributed by atoms with Gasteiger partial charge in [0, 0.05) is 0 Å². The summed E-state index contributed by atoms with van der Waals surface area (Å²) >= 11 is 0. The van der Waals surface area contributed by atoms with Gasteiger partial charge in [-0.05, 0) is 43.7 Å². The van der Waals surface area contributed by atoms with Crippen molar-refractivity contribution in [3.05, 3.63) is 23.7 Å². The Kier molecular flexibility index (Phi) is 4.30. The standard InChI is InChI=1S/C15H22O4/c1-3-11-5-4-9-15(17,10-8-11)13-7-6-12(19-13)14(16)18-2/h6-7,11,17H,3-5,8-10H2,1-2H3. The molecule has 0 bridgehead atoms. The van der Waals surface area contributed by atoms with Gasteiger partial charge in [0.15, 0.2) is 0 Å². The van der Waals surface area contributed by atoms with Crippen molar-refractivity contribution in [3.8, 4) is 0 Å². The smallest absolute Gasteiger partial charge is 0.373 e. The molecule has 0 spiro atoms. The molecule has 4 nitrogen and oxygen atoms in total. The zero-order chi connectivity index (χ0) is 13.9. The molecule has 2 unspecified atom stereocenters. The second-order valence-corrected chi connectivity index (χ2v) is 5.39. The maximum Gasteiger partial charge on any atom is 0.373 e. The largest absolute Gasteiger partial charge is 0.463 e. The van der Waals surface area contributed by atoms with E-state index in [4.69, 9.17) is 4.42 Å². The molecule has 1 aromatic heterocycles. The number of methoxy groups -OCH3 is 1. The molecule has 1 aliphatic carbocycles. The van der Waals surface area contributed by atoms with E-state index in [0.29, 0.717) is 24.5 Å². The summed E-state index contributed by atoms with van der Waals surface area (Å²) in [5.41, 5.74) is -0.934. The Morgan fingerprint density at radius 2 is 2.26 bits per heavy atom. The molecule has 1 aromatic rings. The summed E-state index contributed by atoms with van der Waals surface area (Å²) in [6.07, 6.45) is 5.69. The van der Waals surface area contributed by atoms with E-state index in [1.54, 1.807) is 12.1 Å². The molecular weight excluding hydrogens is 244 g/mol. The van der Waals surface area contributed by atoms with Crippen molar-refractivity contribution in [1.29, 1.82) is 0 Å². The molecule has 0 radical (unpaired) electrons. The lowest BCUT2D eigenvalue weighted by molar-refractivity contribution is -0.00269. The van der Waals surface area contributed by atoms with Crippen LogP contribution in [-0.2, 0) is 10.3 Å². The highest BCUT2D eigenvalue weighted by atomic mass is 16.5. The second kappa shape index (κ2) is 5.78. The summed E-state index contributed by atoms with van der Waals surface area (Å²) in [6, 6.07) is 3.26. The summed E-state index contributed by atoms with van der Waals surface area (Å²) < 4.78 is 10.1. The fourth-order valence-corrected chi connectivity index (χ4v) is 2.85. The van der Waals surface area contributed by atoms with Gasteiger partial charge in [0.1, 0.15) is 11.4 Å². The summed E-state index contributed by atoms with van der Waals surface area (Å²) in [7, 11) is 1.32. The average Bonchev–Trinajstić information content (AvgIpc) is 2.84. The number of esters is 1. The van der Waals surface area contributed by atoms with Crippen LogP contribution in [0.15, 0.2) is 16.5 Å². The predicted octanol–water partition coefficient (Wildman–Crippen LogP) is 3.24. The lowest BCUT2D eigenvalue weighted by Gasteiger charge is -2.24. The minimum Gasteiger partial charge on any atom is -0.463 e. The van der Waals surface area contributed by atoms with E-state index < -0.39 is 11.6 Å². The number of aliphatic hydroxyl groups is 1. The fraction of sp³-hybridized carbons (Fsp3) is 0.667. The number of furan rings is 1. The van der Waals surface area contributed by atoms with Crippen LogP contribution >= 0.6 is 0 Å². The summed E-state index contributed by atoms with van der Waals surface area (Å²) in [4.78, 5) is 11.4. The minimum absolute atomic E-state index is 0.155. The van der Waals surface area contributed by atoms with Gasteiger partial charge in [-0.1, -0.05) is 19.8 Å². The monoisotopic (exact) mass is 266 g/mol. The maximum absolute atomic E-state index is 11.4. The molecule has 0 saturated heterocycles. The van der Waals surface area contributed by atoms with E-state index in [2.05, 4.69) is 11.7 Å². The molecular formula is C15H22O4. The fourth-order valence-electron chi connectivity index (χ4n) is 2.85. The first kappa shape index (κ1) is 14.1. The number of carbonyl (C=O) groups is 1. The maximum atomic E-state index is 11.4. The van der Waals surface area contributed by atoms with Crippen molar-refractivity contribution in [2.24, 2.45) is 5.92 Å². The second-order valence-electron chi connectivity index (χ2n) is 5.39. The Hall–Kier alpha value is -1.29. The molecule has 0 amide bonds. The van der Waals surface area contributed by atoms with Crippen LogP contribution in [0.25, 0.3) is 0 Å². The lowest BCUT2D eigenvalue weighted by atomic mass is 9.91. The highest BCUT2D eigenvalue weighted by molar-refractivity contribution is 5.86. The number of rotatable bonds is 3. The molecule has 0 aliphatic heterocycles. The van der Waals surface area contributed by atoms with Crippen molar-refractivity contribution < 1.29 is 19.1 Å². The topological polar surface area (TPSA) is 59.7 Å². The molecule has 19 heavy (non-hydrogen) atoms. The van der Waals surface area contributed by atoms with Gasteiger partial charge in [0.25, 0.3) is 0 Å². The summed E-state index contributed by atoms with van der Waals surface area (Å²) in [5.74, 6) is 0.825. The first-order valence-electron chi connectivity index (χ1n) is 7.00. The predicted molar refractivity (Wildman–Crippen MR) is 70.8 cm³/mol. The van der Waals surface area contributed by atoms with Crippen LogP contribution in [0, 0.1) is 5.92 Å². The molecule has 1 aliphatic rings. The molecule has 1 saturated carbocycles. The van der Waals surface area contributed by atoms with E-state index in [9.17, 15) is 9.90 Å². The molecule has 4 heteroatoms. The molecule has 106 valence electrons. The molecule has 0 aromatic carbocycles. The third kappa shape index (κ3) is 3.00. The SMILES string of the molecule is CCC1CCCC(O)(c2ccc(C(=O)OC)o2)CC1. The van der Waals surface area contributed by atoms with Crippen LogP contribution in [0.3, 0.4) is 0 Å². The van der Waals surface area contributed by atoms with Crippen LogP contribution in [0.2, 0.25) is 0 Å². The van der Waals surface area contributed by atoms with Crippen molar-refractivity contribution in [2.75, 3.05) is 7.11 Å². The molecule has 1 heterocycles. The van der Waals surface area contributed by atoms with E-state index >= 15 is 0 Å². The summed E-state index contributed by atoms with van der Waals surface area (Å²) in [6.45, 7) is 2.19. The van der Waals surface area contributed by atoms with E-state index in [-0.39, 0.29) is 5.76 Å². The number of hydrogen-bond acceptors (Lipinski definition) is 4. The third-order valence-electron chi connectivity index (χ3n) is 4.20. The number of ether oxygens (including phenoxy) is 1. The van der Waals surface area contributed by atoms with Gasteiger partial charge in [-0.25, -0.2) is 4.79 Å². The molecule has 1 fully saturated rings. The Morgan fingerprint density at radius 3 is 2.95 bits per heavy atom. The van der Waals surface area contributed by atoms with Gasteiger partial charge >= 0.3 is 5.97 Å². The molecule has 2 rings (SSSR count). The van der Waals surface area contributed by atoms with Crippen molar-refractivity contribution in [2.45, 2.75) is 51.0 Å². The normalized spacial score (nSPS) is 27.8. The van der Waals surface area contributed by atoms with E-state index in [1.165, 1.54) is 7.11 Å². The first-order valence-corrected chi connectivity index (χ1v) is 7.00. The highest BCUT2D eigenvalue weighted by Gasteiger charge is 2.35. The van der Waals surface area contributed by atoms with E-state index in [0.717, 1.165) is 25.7 Å². The van der Waals surface area contributed by atoms with Gasteiger partial charge in [-0.15, -0.1) is 0 Å². The van der Waals surface area contributed by atoms with E-state index in [1.807, 2.05) is 0 Å². The van der Waals surface area contributed by atoms with Gasteiger partial charge in [-0.2, -0.15) is 0 Å². The number of hydrogen-bond donors (Lipinski definition) is 1. The highest BCUT2D eigenvalue weighted by Crippen LogP contribution is 2.39. The van der Waals surface area contributed by atoms with Gasteiger partial charge in [0.2, 0.25) is 5.76 Å². The molecule has 2 atom stereocenters. The minimum atomic E-state index is -0.934. The third-order valence-corrected chi connectivity index (χ3v) is 4.20. The Labute approximate surface area is 113 Å². The zero-order valence-electron chi connectivity index (χ0n) is 11.6. The quantitative estimate of drug-likeness (QED) is 0.674. The van der Waals surface area contributed by atoms with Gasteiger partial charge < -0.3 is 14.3 Å². The number of carbonyl (C=O) groups excluding carboxylic acids is 1. The van der Waals surface area contributed by atoms with Crippen molar-refractivity contribution in [3.63, 3.8) is 0 Å². The Morgan fingerprint density at radius 1 is 1.47 bits per heavy atom. The van der Waals surface area contributed by atoms with Gasteiger partial charge in [-0.3, -0.25) is 0 Å². The Bertz CT molecular complexity index is 437. The van der Waals surface area contributed by atoms with Crippen LogP contribution in [0.1, 0.15) is 61.8 Å². The lowest BCUT2D eigenvalue weighted by Crippen LogP contribution is -2.24. The van der Waals surface area contributed by atoms with Crippen LogP contribution in [0.4, 0.5) is 0 Å². The molecule has 1 N–H and O–H groups in total. The zero-order valence-corrected chi connectivity index (χ0v) is 11.6. The van der Waals surface area contributed by atoms with Gasteiger partial charge in [0.05, 0.1) is 7.11 Å². The van der Waals surface area contributed by atoms with Crippen molar-refractivity contribution >= 4 is 5.97 Å². The average molecular weight is 266 g/mol. The van der Waals surface area contributed by atoms with Crippen LogP contribution < -0.4 is 0 Å². The Balaban J connectivity index is 2.15. The van der Waals surface area contributed by atoms with Crippen LogP contribution in [0.5, 0.6) is 0 Å². The first-order chi connectivity index (χ1) is 9.09. The van der Waals surface area contributed by atoms with Crippen LogP contribution in [-0.4, -0.2) is 18.2 Å². The van der Waals surface area contributed by atoms with Crippen molar-refractivity contribution in [1.82, 2.24) is 0 Å². The summed E-state index contributed by atoms with van der Waals surface area (Å²) in [5, 5.41) is 10.8.